The van der Waals surface area contributed by atoms with Gasteiger partial charge in [-0.2, -0.15) is 0 Å². The largest absolute Gasteiger partial charge is 0.474 e. The lowest BCUT2D eigenvalue weighted by molar-refractivity contribution is 0.0788. The van der Waals surface area contributed by atoms with Crippen molar-refractivity contribution in [2.45, 2.75) is 25.9 Å². The fraction of sp³-hybridized carbons (Fsp3) is 0.400. The second-order valence-electron chi connectivity index (χ2n) is 9.30. The van der Waals surface area contributed by atoms with Gasteiger partial charge in [-0.15, -0.1) is 0 Å². The third-order valence-corrected chi connectivity index (χ3v) is 7.02. The van der Waals surface area contributed by atoms with E-state index in [1.165, 1.54) is 6.20 Å². The first-order valence-corrected chi connectivity index (χ1v) is 11.8. The van der Waals surface area contributed by atoms with Crippen LogP contribution in [0.1, 0.15) is 18.4 Å². The molecule has 1 aromatic carbocycles. The van der Waals surface area contributed by atoms with E-state index in [-0.39, 0.29) is 23.5 Å². The number of rotatable bonds is 4. The van der Waals surface area contributed by atoms with Gasteiger partial charge in [-0.3, -0.25) is 5.32 Å². The molecule has 1 saturated carbocycles. The Morgan fingerprint density at radius 3 is 2.91 bits per heavy atom. The summed E-state index contributed by atoms with van der Waals surface area (Å²) < 4.78 is 32.1. The van der Waals surface area contributed by atoms with Gasteiger partial charge in [0, 0.05) is 41.4 Å². The van der Waals surface area contributed by atoms with Crippen LogP contribution in [0.2, 0.25) is 0 Å². The molecule has 0 spiro atoms. The number of pyridine rings is 2. The van der Waals surface area contributed by atoms with Crippen molar-refractivity contribution < 1.29 is 23.4 Å². The second kappa shape index (κ2) is 8.53. The highest BCUT2D eigenvalue weighted by Crippen LogP contribution is 2.42. The summed E-state index contributed by atoms with van der Waals surface area (Å²) >= 11 is 0. The number of halogens is 1. The Hall–Kier alpha value is -3.66. The minimum absolute atomic E-state index is 0.0177. The molecule has 10 heteroatoms. The van der Waals surface area contributed by atoms with E-state index in [4.69, 9.17) is 19.9 Å². The molecule has 3 aromatic rings. The molecule has 35 heavy (non-hydrogen) atoms. The number of carbonyl (C=O) groups is 1. The number of nitrogen functional groups attached to an aromatic ring is 1. The SMILES string of the molecule is Cc1c(-c2cc3cc(NC(=O)O[C@@H]4COC[C@@H]4C4CC4)ncc3c(N)c2F)cnc2c1NCCO2. The molecule has 0 unspecified atom stereocenters. The number of nitrogens with two attached hydrogens (primary N) is 1. The summed E-state index contributed by atoms with van der Waals surface area (Å²) in [5.74, 6) is 1.07. The van der Waals surface area contributed by atoms with E-state index in [9.17, 15) is 4.79 Å². The highest BCUT2D eigenvalue weighted by Gasteiger charge is 2.42. The Morgan fingerprint density at radius 2 is 2.09 bits per heavy atom. The molecule has 2 aromatic heterocycles. The summed E-state index contributed by atoms with van der Waals surface area (Å²) in [6.07, 6.45) is 4.51. The smallest absolute Gasteiger partial charge is 0.413 e. The van der Waals surface area contributed by atoms with E-state index in [1.54, 1.807) is 18.3 Å². The third-order valence-electron chi connectivity index (χ3n) is 7.02. The lowest BCUT2D eigenvalue weighted by Crippen LogP contribution is -2.29. The summed E-state index contributed by atoms with van der Waals surface area (Å²) in [5, 5.41) is 7.03. The summed E-state index contributed by atoms with van der Waals surface area (Å²) in [4.78, 5) is 21.1. The van der Waals surface area contributed by atoms with Crippen molar-refractivity contribution in [3.8, 4) is 17.0 Å². The molecular formula is C25H26FN5O4. The van der Waals surface area contributed by atoms with E-state index >= 15 is 4.39 Å². The minimum Gasteiger partial charge on any atom is -0.474 e. The van der Waals surface area contributed by atoms with Gasteiger partial charge in [0.2, 0.25) is 5.88 Å². The van der Waals surface area contributed by atoms with Gasteiger partial charge in [-0.25, -0.2) is 19.2 Å². The van der Waals surface area contributed by atoms with Crippen molar-refractivity contribution in [1.82, 2.24) is 9.97 Å². The number of carbonyl (C=O) groups excluding carboxylic acids is 1. The fourth-order valence-electron chi connectivity index (χ4n) is 4.96. The topological polar surface area (TPSA) is 121 Å². The average Bonchev–Trinajstić information content (AvgIpc) is 3.60. The van der Waals surface area contributed by atoms with Crippen LogP contribution in [0.15, 0.2) is 24.5 Å². The number of nitrogens with zero attached hydrogens (tertiary/aromatic N) is 2. The molecule has 182 valence electrons. The Morgan fingerprint density at radius 1 is 1.23 bits per heavy atom. The van der Waals surface area contributed by atoms with Gasteiger partial charge in [-0.05, 0) is 48.8 Å². The molecule has 4 N–H and O–H groups in total. The Balaban J connectivity index is 1.29. The molecule has 4 heterocycles. The summed E-state index contributed by atoms with van der Waals surface area (Å²) in [6, 6.07) is 3.34. The molecule has 2 atom stereocenters. The number of fused-ring (bicyclic) bond motifs is 2. The summed E-state index contributed by atoms with van der Waals surface area (Å²) in [5.41, 5.74) is 8.60. The number of nitrogens with one attached hydrogen (secondary N) is 2. The van der Waals surface area contributed by atoms with Gasteiger partial charge in [0.1, 0.15) is 24.2 Å². The maximum Gasteiger partial charge on any atom is 0.413 e. The van der Waals surface area contributed by atoms with Crippen LogP contribution < -0.4 is 21.1 Å². The van der Waals surface area contributed by atoms with Crippen molar-refractivity contribution in [3.05, 3.63) is 35.9 Å². The maximum absolute atomic E-state index is 15.3. The molecular weight excluding hydrogens is 453 g/mol. The van der Waals surface area contributed by atoms with Crippen LogP contribution in [0.5, 0.6) is 5.88 Å². The van der Waals surface area contributed by atoms with Crippen LogP contribution >= 0.6 is 0 Å². The predicted molar refractivity (Wildman–Crippen MR) is 129 cm³/mol. The zero-order valence-corrected chi connectivity index (χ0v) is 19.3. The van der Waals surface area contributed by atoms with Crippen LogP contribution in [-0.2, 0) is 9.47 Å². The van der Waals surface area contributed by atoms with Gasteiger partial charge in [0.15, 0.2) is 5.82 Å². The van der Waals surface area contributed by atoms with Crippen LogP contribution in [0.3, 0.4) is 0 Å². The van der Waals surface area contributed by atoms with Crippen LogP contribution in [0.25, 0.3) is 21.9 Å². The lowest BCUT2D eigenvalue weighted by atomic mass is 9.97. The van der Waals surface area contributed by atoms with Gasteiger partial charge >= 0.3 is 6.09 Å². The van der Waals surface area contributed by atoms with Crippen molar-refractivity contribution in [2.75, 3.05) is 42.7 Å². The predicted octanol–water partition coefficient (Wildman–Crippen LogP) is 4.10. The van der Waals surface area contributed by atoms with Gasteiger partial charge in [0.25, 0.3) is 0 Å². The molecule has 6 rings (SSSR count). The molecule has 0 bridgehead atoms. The second-order valence-corrected chi connectivity index (χ2v) is 9.30. The quantitative estimate of drug-likeness (QED) is 0.478. The van der Waals surface area contributed by atoms with Gasteiger partial charge in [0.05, 0.1) is 18.9 Å². The zero-order chi connectivity index (χ0) is 24.1. The van der Waals surface area contributed by atoms with E-state index in [0.29, 0.717) is 60.1 Å². The third kappa shape index (κ3) is 3.97. The van der Waals surface area contributed by atoms with Gasteiger partial charge < -0.3 is 25.3 Å². The Bertz CT molecular complexity index is 1330. The van der Waals surface area contributed by atoms with Crippen LogP contribution in [0, 0.1) is 24.6 Å². The number of ether oxygens (including phenoxy) is 3. The number of anilines is 3. The average molecular weight is 480 g/mol. The molecule has 1 saturated heterocycles. The number of hydrogen-bond acceptors (Lipinski definition) is 8. The number of aromatic nitrogens is 2. The standard InChI is InChI=1S/C25H26FN5O4/c1-12-16(8-30-24-23(12)28-4-5-34-24)15-6-14-7-20(29-9-17(14)22(27)21(15)26)31-25(32)35-19-11-33-10-18(19)13-2-3-13/h6-9,13,18-19,28H,2-5,10-11,27H2,1H3,(H,29,31,32)/t18-,19-/m1/s1. The molecule has 2 aliphatic heterocycles. The van der Waals surface area contributed by atoms with Crippen molar-refractivity contribution in [2.24, 2.45) is 11.8 Å². The summed E-state index contributed by atoms with van der Waals surface area (Å²) in [7, 11) is 0. The highest BCUT2D eigenvalue weighted by molar-refractivity contribution is 5.99. The van der Waals surface area contributed by atoms with E-state index in [1.807, 2.05) is 6.92 Å². The molecule has 3 aliphatic rings. The molecule has 1 amide bonds. The zero-order valence-electron chi connectivity index (χ0n) is 19.3. The molecule has 0 radical (unpaired) electrons. The minimum atomic E-state index is -0.589. The number of benzene rings is 1. The number of amides is 1. The van der Waals surface area contributed by atoms with E-state index in [2.05, 4.69) is 20.6 Å². The first-order chi connectivity index (χ1) is 17.0. The molecule has 1 aliphatic carbocycles. The van der Waals surface area contributed by atoms with Crippen molar-refractivity contribution >= 4 is 34.1 Å². The van der Waals surface area contributed by atoms with E-state index in [0.717, 1.165) is 24.1 Å². The normalized spacial score (nSPS) is 21.2. The van der Waals surface area contributed by atoms with Crippen LogP contribution in [-0.4, -0.2) is 48.5 Å². The van der Waals surface area contributed by atoms with Gasteiger partial charge in [-0.1, -0.05) is 0 Å². The first kappa shape index (κ1) is 21.8. The highest BCUT2D eigenvalue weighted by atomic mass is 19.1. The van der Waals surface area contributed by atoms with E-state index < -0.39 is 11.9 Å². The molecule has 9 nitrogen and oxygen atoms in total. The summed E-state index contributed by atoms with van der Waals surface area (Å²) in [6.45, 7) is 4.09. The van der Waals surface area contributed by atoms with Crippen molar-refractivity contribution in [1.29, 1.82) is 0 Å². The lowest BCUT2D eigenvalue weighted by Gasteiger charge is -2.22. The molecule has 2 fully saturated rings. The monoisotopic (exact) mass is 479 g/mol. The van der Waals surface area contributed by atoms with Crippen molar-refractivity contribution in [3.63, 3.8) is 0 Å². The Labute approximate surface area is 201 Å². The fourth-order valence-corrected chi connectivity index (χ4v) is 4.96. The number of hydrogen-bond donors (Lipinski definition) is 3. The van der Waals surface area contributed by atoms with Crippen LogP contribution in [0.4, 0.5) is 26.4 Å². The maximum atomic E-state index is 15.3. The first-order valence-electron chi connectivity index (χ1n) is 11.8. The Kier molecular flexibility index (Phi) is 5.32.